The van der Waals surface area contributed by atoms with E-state index in [9.17, 15) is 9.59 Å². The van der Waals surface area contributed by atoms with E-state index in [2.05, 4.69) is 10.3 Å². The second-order valence-corrected chi connectivity index (χ2v) is 3.44. The molecule has 2 N–H and O–H groups in total. The Morgan fingerprint density at radius 3 is 2.82 bits per heavy atom. The fourth-order valence-corrected chi connectivity index (χ4v) is 1.24. The maximum atomic E-state index is 11.7. The summed E-state index contributed by atoms with van der Waals surface area (Å²) in [4.78, 5) is 26.3. The lowest BCUT2D eigenvalue weighted by atomic mass is 10.2. The van der Waals surface area contributed by atoms with Gasteiger partial charge in [0.05, 0.1) is 5.69 Å². The predicted octanol–water partition coefficient (Wildman–Crippen LogP) is 1.13. The number of rotatable bonds is 5. The minimum Gasteiger partial charge on any atom is -0.480 e. The van der Waals surface area contributed by atoms with E-state index in [1.54, 1.807) is 26.0 Å². The molecule has 6 nitrogen and oxygen atoms in total. The van der Waals surface area contributed by atoms with Crippen LogP contribution < -0.4 is 5.32 Å². The zero-order valence-electron chi connectivity index (χ0n) is 9.64. The first-order chi connectivity index (χ1) is 8.06. The average Bonchev–Trinajstić information content (AvgIpc) is 2.70. The maximum absolute atomic E-state index is 11.7. The Labute approximate surface area is 98.3 Å². The summed E-state index contributed by atoms with van der Waals surface area (Å²) in [5, 5.41) is 11.3. The molecule has 0 radical (unpaired) electrons. The summed E-state index contributed by atoms with van der Waals surface area (Å²) in [5.74, 6) is -1.62. The van der Waals surface area contributed by atoms with Crippen molar-refractivity contribution in [1.29, 1.82) is 0 Å². The van der Waals surface area contributed by atoms with Crippen LogP contribution in [0.1, 0.15) is 29.6 Å². The van der Waals surface area contributed by atoms with E-state index in [4.69, 9.17) is 9.52 Å². The summed E-state index contributed by atoms with van der Waals surface area (Å²) in [5.41, 5.74) is 0.428. The molecule has 0 fully saturated rings. The highest BCUT2D eigenvalue weighted by atomic mass is 16.4. The largest absolute Gasteiger partial charge is 0.480 e. The first-order valence-corrected chi connectivity index (χ1v) is 5.11. The van der Waals surface area contributed by atoms with Crippen molar-refractivity contribution in [2.45, 2.75) is 26.3 Å². The Kier molecular flexibility index (Phi) is 4.45. The molecule has 1 aromatic rings. The van der Waals surface area contributed by atoms with Crippen LogP contribution in [-0.4, -0.2) is 28.0 Å². The highest BCUT2D eigenvalue weighted by molar-refractivity contribution is 5.95. The molecule has 1 atom stereocenters. The molecule has 0 saturated heterocycles. The lowest BCUT2D eigenvalue weighted by Gasteiger charge is -2.11. The smallest absolute Gasteiger partial charge is 0.326 e. The quantitative estimate of drug-likeness (QED) is 0.750. The molecule has 92 valence electrons. The molecular formula is C11H14N2O4. The van der Waals surface area contributed by atoms with Gasteiger partial charge in [-0.3, -0.25) is 4.79 Å². The number of carboxylic acid groups (broad SMARTS) is 1. The molecule has 1 aromatic heterocycles. The van der Waals surface area contributed by atoms with E-state index < -0.39 is 17.9 Å². The summed E-state index contributed by atoms with van der Waals surface area (Å²) in [7, 11) is 0. The van der Waals surface area contributed by atoms with E-state index in [1.807, 2.05) is 0 Å². The van der Waals surface area contributed by atoms with Gasteiger partial charge in [0.15, 0.2) is 6.39 Å². The molecular weight excluding hydrogens is 224 g/mol. The van der Waals surface area contributed by atoms with Crippen LogP contribution in [0.2, 0.25) is 0 Å². The second kappa shape index (κ2) is 5.83. The molecule has 1 heterocycles. The fraction of sp³-hybridized carbons (Fsp3) is 0.364. The Morgan fingerprint density at radius 1 is 1.65 bits per heavy atom. The van der Waals surface area contributed by atoms with Gasteiger partial charge in [-0.05, 0) is 20.3 Å². The molecule has 17 heavy (non-hydrogen) atoms. The Bertz CT molecular complexity index is 436. The molecule has 1 unspecified atom stereocenters. The minimum absolute atomic E-state index is 0.0386. The highest BCUT2D eigenvalue weighted by Crippen LogP contribution is 2.06. The van der Waals surface area contributed by atoms with Crippen LogP contribution in [0.5, 0.6) is 0 Å². The van der Waals surface area contributed by atoms with Crippen LogP contribution in [0.4, 0.5) is 0 Å². The van der Waals surface area contributed by atoms with Gasteiger partial charge in [-0.15, -0.1) is 0 Å². The summed E-state index contributed by atoms with van der Waals surface area (Å²) >= 11 is 0. The zero-order valence-corrected chi connectivity index (χ0v) is 9.64. The molecule has 0 spiro atoms. The lowest BCUT2D eigenvalue weighted by Crippen LogP contribution is -2.40. The van der Waals surface area contributed by atoms with E-state index in [-0.39, 0.29) is 12.2 Å². The highest BCUT2D eigenvalue weighted by Gasteiger charge is 2.22. The average molecular weight is 238 g/mol. The zero-order chi connectivity index (χ0) is 12.8. The van der Waals surface area contributed by atoms with E-state index >= 15 is 0 Å². The van der Waals surface area contributed by atoms with Crippen LogP contribution in [0.15, 0.2) is 23.0 Å². The molecule has 0 bridgehead atoms. The Balaban J connectivity index is 2.71. The van der Waals surface area contributed by atoms with Crippen LogP contribution in [-0.2, 0) is 4.79 Å². The summed E-state index contributed by atoms with van der Waals surface area (Å²) < 4.78 is 4.88. The number of aliphatic carboxylic acids is 1. The number of hydrogen-bond donors (Lipinski definition) is 2. The normalized spacial score (nSPS) is 12.6. The summed E-state index contributed by atoms with van der Waals surface area (Å²) in [6.45, 7) is 3.39. The number of carbonyl (C=O) groups is 2. The number of nitrogens with zero attached hydrogens (tertiary/aromatic N) is 1. The molecule has 0 aliphatic heterocycles. The fourth-order valence-electron chi connectivity index (χ4n) is 1.24. The van der Waals surface area contributed by atoms with Crippen molar-refractivity contribution in [3.8, 4) is 0 Å². The molecule has 0 aromatic carbocycles. The van der Waals surface area contributed by atoms with Crippen molar-refractivity contribution in [3.05, 3.63) is 30.0 Å². The number of carbonyl (C=O) groups excluding carboxylic acids is 1. The maximum Gasteiger partial charge on any atom is 0.326 e. The van der Waals surface area contributed by atoms with Crippen LogP contribution in [0, 0.1) is 6.92 Å². The van der Waals surface area contributed by atoms with Crippen molar-refractivity contribution in [3.63, 3.8) is 0 Å². The van der Waals surface area contributed by atoms with Crippen molar-refractivity contribution in [2.24, 2.45) is 0 Å². The van der Waals surface area contributed by atoms with E-state index in [0.29, 0.717) is 5.69 Å². The van der Waals surface area contributed by atoms with Gasteiger partial charge in [0.25, 0.3) is 5.91 Å². The van der Waals surface area contributed by atoms with Crippen LogP contribution >= 0.6 is 0 Å². The van der Waals surface area contributed by atoms with Gasteiger partial charge in [0.1, 0.15) is 6.04 Å². The van der Waals surface area contributed by atoms with Crippen LogP contribution in [0.25, 0.3) is 0 Å². The lowest BCUT2D eigenvalue weighted by molar-refractivity contribution is -0.139. The minimum atomic E-state index is -1.09. The standard InChI is InChI=1S/C11H14N2O4/c1-3-4-5-8(11(15)16)13-10(14)9-7(2)12-6-17-9/h3-4,6,8H,5H2,1-2H3,(H,13,14)(H,15,16)/b4-3+. The van der Waals surface area contributed by atoms with Crippen molar-refractivity contribution >= 4 is 11.9 Å². The monoisotopic (exact) mass is 238 g/mol. The summed E-state index contributed by atoms with van der Waals surface area (Å²) in [6.07, 6.45) is 4.77. The third-order valence-corrected chi connectivity index (χ3v) is 2.16. The van der Waals surface area contributed by atoms with Gasteiger partial charge in [-0.2, -0.15) is 0 Å². The third kappa shape index (κ3) is 3.44. The van der Waals surface area contributed by atoms with E-state index in [0.717, 1.165) is 6.39 Å². The molecule has 1 amide bonds. The van der Waals surface area contributed by atoms with E-state index in [1.165, 1.54) is 0 Å². The number of oxazole rings is 1. The number of allylic oxidation sites excluding steroid dienone is 1. The van der Waals surface area contributed by atoms with Gasteiger partial charge in [0, 0.05) is 0 Å². The first-order valence-electron chi connectivity index (χ1n) is 5.11. The van der Waals surface area contributed by atoms with Crippen molar-refractivity contribution in [2.75, 3.05) is 0 Å². The SMILES string of the molecule is C/C=C/CC(NC(=O)c1ocnc1C)C(=O)O. The summed E-state index contributed by atoms with van der Waals surface area (Å²) in [6, 6.07) is -0.969. The number of hydrogen-bond acceptors (Lipinski definition) is 4. The van der Waals surface area contributed by atoms with Gasteiger partial charge < -0.3 is 14.8 Å². The van der Waals surface area contributed by atoms with Crippen molar-refractivity contribution < 1.29 is 19.1 Å². The number of carboxylic acids is 1. The Hall–Kier alpha value is -2.11. The molecule has 0 saturated carbocycles. The predicted molar refractivity (Wildman–Crippen MR) is 59.6 cm³/mol. The molecule has 6 heteroatoms. The van der Waals surface area contributed by atoms with Crippen molar-refractivity contribution in [1.82, 2.24) is 10.3 Å². The van der Waals surface area contributed by atoms with Gasteiger partial charge in [0.2, 0.25) is 5.76 Å². The Morgan fingerprint density at radius 2 is 2.35 bits per heavy atom. The van der Waals surface area contributed by atoms with Gasteiger partial charge >= 0.3 is 5.97 Å². The second-order valence-electron chi connectivity index (χ2n) is 3.44. The third-order valence-electron chi connectivity index (χ3n) is 2.16. The molecule has 0 aliphatic carbocycles. The number of aryl methyl sites for hydroxylation is 1. The number of aromatic nitrogens is 1. The molecule has 1 rings (SSSR count). The first kappa shape index (κ1) is 13.0. The number of nitrogens with one attached hydrogen (secondary N) is 1. The number of amides is 1. The van der Waals surface area contributed by atoms with Gasteiger partial charge in [-0.25, -0.2) is 9.78 Å². The van der Waals surface area contributed by atoms with Gasteiger partial charge in [-0.1, -0.05) is 12.2 Å². The molecule has 0 aliphatic rings. The van der Waals surface area contributed by atoms with Crippen LogP contribution in [0.3, 0.4) is 0 Å². The topological polar surface area (TPSA) is 92.4 Å².